The molecule has 220 valence electrons. The quantitative estimate of drug-likeness (QED) is 0.433. The molecule has 9 heteroatoms. The summed E-state index contributed by atoms with van der Waals surface area (Å²) in [4.78, 5) is 47.9. The summed E-state index contributed by atoms with van der Waals surface area (Å²) in [7, 11) is 0. The van der Waals surface area contributed by atoms with E-state index in [0.717, 1.165) is 81.5 Å². The van der Waals surface area contributed by atoms with Crippen LogP contribution in [-0.2, 0) is 16.1 Å². The molecule has 0 aliphatic carbocycles. The van der Waals surface area contributed by atoms with Gasteiger partial charge in [0.1, 0.15) is 5.82 Å². The number of nitrogens with zero attached hydrogens (tertiary/aromatic N) is 4. The normalized spacial score (nSPS) is 19.0. The lowest BCUT2D eigenvalue weighted by Gasteiger charge is -2.25. The van der Waals surface area contributed by atoms with Crippen LogP contribution >= 0.6 is 0 Å². The van der Waals surface area contributed by atoms with Crippen LogP contribution < -0.4 is 16.2 Å². The minimum atomic E-state index is -0.0838. The fourth-order valence-electron chi connectivity index (χ4n) is 6.33. The number of anilines is 2. The number of allylic oxidation sites excluding steroid dienone is 1. The third kappa shape index (κ3) is 6.79. The number of carbonyl (C=O) groups is 2. The zero-order valence-electron chi connectivity index (χ0n) is 24.2. The van der Waals surface area contributed by atoms with Crippen molar-refractivity contribution in [2.24, 2.45) is 0 Å². The number of carbonyl (C=O) groups excluding carboxylic acids is 2. The first-order valence-electron chi connectivity index (χ1n) is 15.4. The number of likely N-dealkylation sites (tertiary alicyclic amines) is 2. The summed E-state index contributed by atoms with van der Waals surface area (Å²) in [6, 6.07) is 13.2. The molecule has 1 aromatic heterocycles. The third-order valence-electron chi connectivity index (χ3n) is 8.52. The van der Waals surface area contributed by atoms with Crippen molar-refractivity contribution in [3.05, 3.63) is 64.2 Å². The van der Waals surface area contributed by atoms with Crippen LogP contribution in [0.5, 0.6) is 0 Å². The Labute approximate surface area is 246 Å². The third-order valence-corrected chi connectivity index (χ3v) is 8.52. The van der Waals surface area contributed by atoms with Crippen LogP contribution in [0.25, 0.3) is 22.6 Å². The molecule has 0 saturated carbocycles. The molecule has 3 aromatic rings. The maximum atomic E-state index is 13.5. The van der Waals surface area contributed by atoms with Gasteiger partial charge in [-0.15, -0.1) is 0 Å². The largest absolute Gasteiger partial charge is 0.325 e. The van der Waals surface area contributed by atoms with Crippen molar-refractivity contribution in [3.63, 3.8) is 0 Å². The summed E-state index contributed by atoms with van der Waals surface area (Å²) < 4.78 is 1.76. The fraction of sp³-hybridized carbons (Fsp3) is 0.455. The van der Waals surface area contributed by atoms with E-state index in [4.69, 9.17) is 4.98 Å². The van der Waals surface area contributed by atoms with Crippen molar-refractivity contribution in [2.75, 3.05) is 49.9 Å². The maximum absolute atomic E-state index is 13.5. The molecule has 3 aliphatic heterocycles. The molecule has 2 aromatic carbocycles. The molecule has 2 N–H and O–H groups in total. The minimum Gasteiger partial charge on any atom is -0.325 e. The number of hydrogen-bond acceptors (Lipinski definition) is 6. The lowest BCUT2D eigenvalue weighted by molar-refractivity contribution is -0.118. The minimum absolute atomic E-state index is 0.0180. The summed E-state index contributed by atoms with van der Waals surface area (Å²) in [5.41, 5.74) is 3.95. The second-order valence-electron chi connectivity index (χ2n) is 11.8. The van der Waals surface area contributed by atoms with E-state index >= 15 is 0 Å². The summed E-state index contributed by atoms with van der Waals surface area (Å²) in [6.07, 6.45) is 10.8. The number of piperidine rings is 2. The standard InChI is InChI=1S/C33H40N6O3/c40-30(22-37-15-3-1-4-16-37)34-26-11-9-24(10-12-26)20-25-8-7-19-39-32(25)36-29-14-13-27(21-28(29)33(39)42)35-31(41)23-38-17-5-2-6-18-38/h9-14,20-21H,1-8,15-19,22-23H2,(H,34,40)(H,35,41)/b25-20+. The monoisotopic (exact) mass is 568 g/mol. The van der Waals surface area contributed by atoms with Gasteiger partial charge in [-0.05, 0) is 112 Å². The number of benzene rings is 2. The van der Waals surface area contributed by atoms with Gasteiger partial charge in [0, 0.05) is 17.9 Å². The lowest BCUT2D eigenvalue weighted by Crippen LogP contribution is -2.36. The molecule has 42 heavy (non-hydrogen) atoms. The highest BCUT2D eigenvalue weighted by Gasteiger charge is 2.20. The first-order chi connectivity index (χ1) is 20.5. The van der Waals surface area contributed by atoms with Gasteiger partial charge >= 0.3 is 0 Å². The highest BCUT2D eigenvalue weighted by Crippen LogP contribution is 2.28. The molecule has 0 atom stereocenters. The van der Waals surface area contributed by atoms with Crippen molar-refractivity contribution >= 4 is 45.7 Å². The van der Waals surface area contributed by atoms with Crippen molar-refractivity contribution in [3.8, 4) is 0 Å². The van der Waals surface area contributed by atoms with E-state index in [1.165, 1.54) is 12.8 Å². The topological polar surface area (TPSA) is 99.6 Å². The van der Waals surface area contributed by atoms with Crippen LogP contribution in [0.1, 0.15) is 62.8 Å². The van der Waals surface area contributed by atoms with Crippen LogP contribution in [-0.4, -0.2) is 70.4 Å². The van der Waals surface area contributed by atoms with Crippen molar-refractivity contribution in [1.82, 2.24) is 19.4 Å². The molecule has 6 rings (SSSR count). The highest BCUT2D eigenvalue weighted by molar-refractivity contribution is 5.95. The second-order valence-corrected chi connectivity index (χ2v) is 11.8. The Morgan fingerprint density at radius 3 is 1.98 bits per heavy atom. The molecule has 0 radical (unpaired) electrons. The first-order valence-corrected chi connectivity index (χ1v) is 15.4. The molecule has 0 bridgehead atoms. The van der Waals surface area contributed by atoms with Crippen molar-refractivity contribution in [1.29, 1.82) is 0 Å². The van der Waals surface area contributed by atoms with Gasteiger partial charge in [0.15, 0.2) is 0 Å². The van der Waals surface area contributed by atoms with Gasteiger partial charge in [0.05, 0.1) is 24.0 Å². The molecule has 0 unspecified atom stereocenters. The maximum Gasteiger partial charge on any atom is 0.261 e. The predicted molar refractivity (Wildman–Crippen MR) is 167 cm³/mol. The zero-order valence-corrected chi connectivity index (χ0v) is 24.2. The van der Waals surface area contributed by atoms with Crippen LogP contribution in [0.3, 0.4) is 0 Å². The smallest absolute Gasteiger partial charge is 0.261 e. The van der Waals surface area contributed by atoms with Gasteiger partial charge in [0.2, 0.25) is 11.8 Å². The van der Waals surface area contributed by atoms with Gasteiger partial charge in [-0.1, -0.05) is 25.0 Å². The van der Waals surface area contributed by atoms with E-state index < -0.39 is 0 Å². The first kappa shape index (κ1) is 28.3. The van der Waals surface area contributed by atoms with E-state index in [1.54, 1.807) is 10.6 Å². The highest BCUT2D eigenvalue weighted by atomic mass is 16.2. The number of nitrogens with one attached hydrogen (secondary N) is 2. The van der Waals surface area contributed by atoms with E-state index in [2.05, 4.69) is 26.5 Å². The van der Waals surface area contributed by atoms with Crippen molar-refractivity contribution < 1.29 is 9.59 Å². The van der Waals surface area contributed by atoms with Gasteiger partial charge in [-0.2, -0.15) is 0 Å². The Morgan fingerprint density at radius 1 is 0.738 bits per heavy atom. The molecule has 4 heterocycles. The molecular weight excluding hydrogens is 528 g/mol. The number of fused-ring (bicyclic) bond motifs is 2. The Bertz CT molecular complexity index is 1530. The predicted octanol–water partition coefficient (Wildman–Crippen LogP) is 4.58. The van der Waals surface area contributed by atoms with Gasteiger partial charge < -0.3 is 10.6 Å². The summed E-state index contributed by atoms with van der Waals surface area (Å²) in [5.74, 6) is 0.656. The zero-order chi connectivity index (χ0) is 28.9. The summed E-state index contributed by atoms with van der Waals surface area (Å²) >= 11 is 0. The molecule has 0 spiro atoms. The Balaban J connectivity index is 1.15. The van der Waals surface area contributed by atoms with Gasteiger partial charge in [-0.3, -0.25) is 28.8 Å². The number of hydrogen-bond donors (Lipinski definition) is 2. The number of rotatable bonds is 7. The molecule has 2 amide bonds. The lowest BCUT2D eigenvalue weighted by atomic mass is 10.0. The van der Waals surface area contributed by atoms with E-state index in [0.29, 0.717) is 42.0 Å². The van der Waals surface area contributed by atoms with Gasteiger partial charge in [0.25, 0.3) is 5.56 Å². The van der Waals surface area contributed by atoms with Crippen molar-refractivity contribution in [2.45, 2.75) is 57.9 Å². The number of aromatic nitrogens is 2. The molecule has 2 saturated heterocycles. The van der Waals surface area contributed by atoms with E-state index in [-0.39, 0.29) is 17.4 Å². The average molecular weight is 569 g/mol. The molecule has 3 aliphatic rings. The SMILES string of the molecule is O=C(CN1CCCCC1)Nc1ccc(/C=C2\CCCn3c2nc2ccc(NC(=O)CN4CCCCC4)cc2c3=O)cc1. The van der Waals surface area contributed by atoms with Gasteiger partial charge in [-0.25, -0.2) is 4.98 Å². The second kappa shape index (κ2) is 13.0. The Kier molecular flexibility index (Phi) is 8.76. The summed E-state index contributed by atoms with van der Waals surface area (Å²) in [5, 5.41) is 6.50. The Hall–Kier alpha value is -3.82. The Morgan fingerprint density at radius 2 is 1.33 bits per heavy atom. The van der Waals surface area contributed by atoms with Crippen LogP contribution in [0.15, 0.2) is 47.3 Å². The molecule has 9 nitrogen and oxygen atoms in total. The average Bonchev–Trinajstić information content (AvgIpc) is 3.00. The molecule has 2 fully saturated rings. The number of amides is 2. The van der Waals surface area contributed by atoms with Crippen LogP contribution in [0.4, 0.5) is 11.4 Å². The van der Waals surface area contributed by atoms with Crippen LogP contribution in [0, 0.1) is 0 Å². The van der Waals surface area contributed by atoms with E-state index in [1.807, 2.05) is 36.4 Å². The van der Waals surface area contributed by atoms with E-state index in [9.17, 15) is 14.4 Å². The molecular formula is C33H40N6O3. The van der Waals surface area contributed by atoms with Crippen LogP contribution in [0.2, 0.25) is 0 Å². The summed E-state index contributed by atoms with van der Waals surface area (Å²) in [6.45, 7) is 5.32. The fourth-order valence-corrected chi connectivity index (χ4v) is 6.33.